The van der Waals surface area contributed by atoms with Gasteiger partial charge in [-0.25, -0.2) is 0 Å². The van der Waals surface area contributed by atoms with Crippen LogP contribution in [0.1, 0.15) is 322 Å². The summed E-state index contributed by atoms with van der Waals surface area (Å²) in [7, 11) is 0. The molecule has 0 heterocycles. The average molecular weight is 931 g/mol. The smallest absolute Gasteiger partial charge is 0.305 e. The van der Waals surface area contributed by atoms with Gasteiger partial charge in [0.1, 0.15) is 0 Å². The van der Waals surface area contributed by atoms with Crippen molar-refractivity contribution in [2.24, 2.45) is 0 Å². The molecule has 0 aromatic rings. The van der Waals surface area contributed by atoms with Gasteiger partial charge in [0.05, 0.1) is 25.4 Å². The normalized spacial score (nSPS) is 12.7. The quantitative estimate of drug-likeness (QED) is 0.0321. The van der Waals surface area contributed by atoms with E-state index in [1.807, 2.05) is 0 Å². The molecule has 0 aliphatic rings. The molecule has 0 radical (unpaired) electrons. The van der Waals surface area contributed by atoms with Gasteiger partial charge in [-0.2, -0.15) is 0 Å². The molecule has 2 unspecified atom stereocenters. The van der Waals surface area contributed by atoms with Gasteiger partial charge in [0, 0.05) is 12.8 Å². The highest BCUT2D eigenvalue weighted by Gasteiger charge is 2.20. The highest BCUT2D eigenvalue weighted by atomic mass is 16.5. The Morgan fingerprint density at radius 3 is 1.17 bits per heavy atom. The van der Waals surface area contributed by atoms with Crippen LogP contribution in [0.4, 0.5) is 0 Å². The first-order chi connectivity index (χ1) is 32.5. The minimum atomic E-state index is -0.665. The molecule has 0 fully saturated rings. The van der Waals surface area contributed by atoms with Crippen molar-refractivity contribution in [2.45, 2.75) is 334 Å². The third kappa shape index (κ3) is 51.7. The van der Waals surface area contributed by atoms with E-state index in [0.29, 0.717) is 25.9 Å². The van der Waals surface area contributed by atoms with E-state index in [1.165, 1.54) is 238 Å². The minimum absolute atomic E-state index is 0.00196. The van der Waals surface area contributed by atoms with Crippen LogP contribution >= 0.6 is 0 Å². The summed E-state index contributed by atoms with van der Waals surface area (Å²) in [5, 5.41) is 23.2. The Morgan fingerprint density at radius 2 is 0.758 bits per heavy atom. The lowest BCUT2D eigenvalue weighted by atomic mass is 10.0. The molecule has 6 nitrogen and oxygen atoms in total. The SMILES string of the molecule is CCCCCC/C=C\C/C=C\CCCCCCCCCC(=O)OCCCCCCCCCCCCCCCCCCCCCC(=O)NC(CO)C(O)CCCCCCCCCCCCCC. The van der Waals surface area contributed by atoms with Crippen molar-refractivity contribution in [3.05, 3.63) is 24.3 Å². The van der Waals surface area contributed by atoms with Crippen LogP contribution in [0.5, 0.6) is 0 Å². The average Bonchev–Trinajstić information content (AvgIpc) is 3.32. The second-order valence-electron chi connectivity index (χ2n) is 20.3. The van der Waals surface area contributed by atoms with Crippen LogP contribution < -0.4 is 5.32 Å². The molecule has 0 saturated heterocycles. The topological polar surface area (TPSA) is 95.9 Å². The van der Waals surface area contributed by atoms with E-state index in [9.17, 15) is 19.8 Å². The lowest BCUT2D eigenvalue weighted by Gasteiger charge is -2.22. The minimum Gasteiger partial charge on any atom is -0.466 e. The Kier molecular flexibility index (Phi) is 54.5. The summed E-state index contributed by atoms with van der Waals surface area (Å²) >= 11 is 0. The molecule has 390 valence electrons. The zero-order valence-corrected chi connectivity index (χ0v) is 44.4. The number of aliphatic hydroxyl groups excluding tert-OH is 2. The zero-order chi connectivity index (χ0) is 47.9. The lowest BCUT2D eigenvalue weighted by Crippen LogP contribution is -2.45. The molecule has 0 bridgehead atoms. The van der Waals surface area contributed by atoms with Crippen molar-refractivity contribution in [3.8, 4) is 0 Å². The van der Waals surface area contributed by atoms with E-state index in [-0.39, 0.29) is 18.5 Å². The van der Waals surface area contributed by atoms with Gasteiger partial charge in [0.15, 0.2) is 0 Å². The number of carbonyl (C=O) groups is 2. The fourth-order valence-corrected chi connectivity index (χ4v) is 9.20. The number of hydrogen-bond acceptors (Lipinski definition) is 5. The molecule has 0 rings (SSSR count). The summed E-state index contributed by atoms with van der Waals surface area (Å²) in [6.45, 7) is 4.93. The Balaban J connectivity index is 3.38. The van der Waals surface area contributed by atoms with Crippen LogP contribution in [0.3, 0.4) is 0 Å². The number of allylic oxidation sites excluding steroid dienone is 4. The van der Waals surface area contributed by atoms with Crippen molar-refractivity contribution >= 4 is 11.9 Å². The van der Waals surface area contributed by atoms with Crippen LogP contribution in [-0.2, 0) is 14.3 Å². The summed E-state index contributed by atoms with van der Waals surface area (Å²) in [5.74, 6) is -0.0357. The van der Waals surface area contributed by atoms with Crippen molar-refractivity contribution in [2.75, 3.05) is 13.2 Å². The van der Waals surface area contributed by atoms with Gasteiger partial charge in [-0.1, -0.05) is 276 Å². The largest absolute Gasteiger partial charge is 0.466 e. The molecular formula is C60H115NO5. The summed E-state index contributed by atoms with van der Waals surface area (Å²) in [6, 6.07) is -0.542. The monoisotopic (exact) mass is 930 g/mol. The van der Waals surface area contributed by atoms with Gasteiger partial charge >= 0.3 is 5.97 Å². The van der Waals surface area contributed by atoms with Gasteiger partial charge in [-0.05, 0) is 57.8 Å². The summed E-state index contributed by atoms with van der Waals surface area (Å²) in [6.07, 6.45) is 67.4. The molecule has 1 amide bonds. The predicted molar refractivity (Wildman–Crippen MR) is 287 cm³/mol. The molecule has 6 heteroatoms. The third-order valence-electron chi connectivity index (χ3n) is 13.8. The second kappa shape index (κ2) is 55.9. The van der Waals surface area contributed by atoms with Crippen LogP contribution in [0, 0.1) is 0 Å². The number of aliphatic hydroxyl groups is 2. The molecular weight excluding hydrogens is 815 g/mol. The Bertz CT molecular complexity index is 1030. The van der Waals surface area contributed by atoms with Crippen molar-refractivity contribution in [1.82, 2.24) is 5.32 Å². The Labute approximate surface area is 411 Å². The van der Waals surface area contributed by atoms with Crippen LogP contribution in [0.15, 0.2) is 24.3 Å². The second-order valence-corrected chi connectivity index (χ2v) is 20.3. The molecule has 2 atom stereocenters. The van der Waals surface area contributed by atoms with E-state index < -0.39 is 12.1 Å². The lowest BCUT2D eigenvalue weighted by molar-refractivity contribution is -0.143. The molecule has 0 spiro atoms. The first kappa shape index (κ1) is 64.3. The number of carbonyl (C=O) groups excluding carboxylic acids is 2. The number of esters is 1. The first-order valence-electron chi connectivity index (χ1n) is 29.6. The summed E-state index contributed by atoms with van der Waals surface area (Å²) < 4.78 is 5.49. The van der Waals surface area contributed by atoms with Crippen LogP contribution in [0.2, 0.25) is 0 Å². The van der Waals surface area contributed by atoms with Crippen LogP contribution in [0.25, 0.3) is 0 Å². The van der Waals surface area contributed by atoms with Gasteiger partial charge < -0.3 is 20.3 Å². The maximum atomic E-state index is 12.4. The highest BCUT2D eigenvalue weighted by molar-refractivity contribution is 5.76. The van der Waals surface area contributed by atoms with Gasteiger partial charge in [0.25, 0.3) is 0 Å². The van der Waals surface area contributed by atoms with E-state index in [4.69, 9.17) is 4.74 Å². The van der Waals surface area contributed by atoms with E-state index >= 15 is 0 Å². The first-order valence-corrected chi connectivity index (χ1v) is 29.6. The Morgan fingerprint density at radius 1 is 0.424 bits per heavy atom. The van der Waals surface area contributed by atoms with Gasteiger partial charge in [0.2, 0.25) is 5.91 Å². The van der Waals surface area contributed by atoms with Crippen molar-refractivity contribution in [3.63, 3.8) is 0 Å². The maximum Gasteiger partial charge on any atom is 0.305 e. The highest BCUT2D eigenvalue weighted by Crippen LogP contribution is 2.17. The van der Waals surface area contributed by atoms with E-state index in [2.05, 4.69) is 43.5 Å². The fourth-order valence-electron chi connectivity index (χ4n) is 9.20. The molecule has 0 aliphatic heterocycles. The Hall–Kier alpha value is -1.66. The van der Waals surface area contributed by atoms with Crippen LogP contribution in [-0.4, -0.2) is 47.4 Å². The van der Waals surface area contributed by atoms with E-state index in [1.54, 1.807) is 0 Å². The standard InChI is InChI=1S/C60H115NO5/c1-3-5-7-9-11-13-15-17-18-19-24-27-30-34-38-42-46-50-54-60(65)66-55-51-47-43-39-35-31-28-25-22-20-21-23-26-29-33-37-41-45-49-53-59(64)61-57(56-62)58(63)52-48-44-40-36-32-16-14-12-10-8-6-4-2/h13,15,18-19,57-58,62-63H,3-12,14,16-17,20-56H2,1-2H3,(H,61,64)/b15-13-,19-18-. The van der Waals surface area contributed by atoms with E-state index in [0.717, 1.165) is 51.4 Å². The summed E-state index contributed by atoms with van der Waals surface area (Å²) in [4.78, 5) is 24.5. The number of nitrogens with one attached hydrogen (secondary N) is 1. The number of ether oxygens (including phenoxy) is 1. The number of rotatable bonds is 55. The molecule has 0 saturated carbocycles. The number of amides is 1. The molecule has 0 aromatic carbocycles. The molecule has 3 N–H and O–H groups in total. The summed E-state index contributed by atoms with van der Waals surface area (Å²) in [5.41, 5.74) is 0. The third-order valence-corrected chi connectivity index (χ3v) is 13.8. The molecule has 0 aromatic heterocycles. The number of hydrogen-bond donors (Lipinski definition) is 3. The van der Waals surface area contributed by atoms with Crippen molar-refractivity contribution in [1.29, 1.82) is 0 Å². The number of unbranched alkanes of at least 4 members (excludes halogenated alkanes) is 40. The molecule has 66 heavy (non-hydrogen) atoms. The zero-order valence-electron chi connectivity index (χ0n) is 44.4. The fraction of sp³-hybridized carbons (Fsp3) is 0.900. The maximum absolute atomic E-state index is 12.4. The van der Waals surface area contributed by atoms with Gasteiger partial charge in [-0.3, -0.25) is 9.59 Å². The molecule has 0 aliphatic carbocycles. The predicted octanol–water partition coefficient (Wildman–Crippen LogP) is 18.2. The van der Waals surface area contributed by atoms with Gasteiger partial charge in [-0.15, -0.1) is 0 Å². The van der Waals surface area contributed by atoms with Crippen molar-refractivity contribution < 1.29 is 24.5 Å².